The minimum Gasteiger partial charge on any atom is -0.367 e. The van der Waals surface area contributed by atoms with Crippen molar-refractivity contribution in [2.45, 2.75) is 39.0 Å². The van der Waals surface area contributed by atoms with E-state index in [0.29, 0.717) is 24.5 Å². The average Bonchev–Trinajstić information content (AvgIpc) is 2.61. The van der Waals surface area contributed by atoms with Gasteiger partial charge in [-0.3, -0.25) is 4.79 Å². The Bertz CT molecular complexity index is 718. The molecule has 1 saturated heterocycles. The summed E-state index contributed by atoms with van der Waals surface area (Å²) in [6, 6.07) is 13.9. The molecule has 1 aromatic carbocycles. The monoisotopic (exact) mass is 339 g/mol. The molecule has 1 N–H and O–H groups in total. The van der Waals surface area contributed by atoms with E-state index in [0.717, 1.165) is 5.56 Å². The van der Waals surface area contributed by atoms with Gasteiger partial charge in [0.05, 0.1) is 18.2 Å². The van der Waals surface area contributed by atoms with E-state index in [9.17, 15) is 4.79 Å². The second kappa shape index (κ2) is 7.66. The Hall–Kier alpha value is -2.40. The molecule has 2 aromatic rings. The highest BCUT2D eigenvalue weighted by Gasteiger charge is 2.31. The van der Waals surface area contributed by atoms with Crippen LogP contribution in [-0.4, -0.2) is 41.0 Å². The summed E-state index contributed by atoms with van der Waals surface area (Å²) in [7, 11) is 0. The van der Waals surface area contributed by atoms with Gasteiger partial charge in [0.1, 0.15) is 11.9 Å². The number of morpholine rings is 1. The number of benzene rings is 1. The van der Waals surface area contributed by atoms with Crippen LogP contribution in [0.2, 0.25) is 0 Å². The van der Waals surface area contributed by atoms with Gasteiger partial charge < -0.3 is 15.0 Å². The third-order valence-electron chi connectivity index (χ3n) is 4.18. The zero-order valence-electron chi connectivity index (χ0n) is 15.0. The fourth-order valence-electron chi connectivity index (χ4n) is 3.11. The number of carbonyl (C=O) groups excluding carboxylic acids is 1. The van der Waals surface area contributed by atoms with Gasteiger partial charge >= 0.3 is 0 Å². The molecule has 1 aliphatic rings. The zero-order chi connectivity index (χ0) is 17.8. The van der Waals surface area contributed by atoms with Gasteiger partial charge in [-0.2, -0.15) is 0 Å². The van der Waals surface area contributed by atoms with E-state index in [1.165, 1.54) is 0 Å². The fraction of sp³-hybridized carbons (Fsp3) is 0.400. The average molecular weight is 339 g/mol. The summed E-state index contributed by atoms with van der Waals surface area (Å²) in [4.78, 5) is 19.3. The topological polar surface area (TPSA) is 54.5 Å². The molecular weight excluding hydrogens is 314 g/mol. The van der Waals surface area contributed by atoms with Crippen molar-refractivity contribution in [3.05, 3.63) is 59.8 Å². The number of carbonyl (C=O) groups is 1. The van der Waals surface area contributed by atoms with Crippen LogP contribution in [0, 0.1) is 0 Å². The Morgan fingerprint density at radius 1 is 1.20 bits per heavy atom. The first-order chi connectivity index (χ1) is 12.0. The fourth-order valence-corrected chi connectivity index (χ4v) is 3.11. The highest BCUT2D eigenvalue weighted by Crippen LogP contribution is 2.27. The van der Waals surface area contributed by atoms with E-state index in [4.69, 9.17) is 4.74 Å². The van der Waals surface area contributed by atoms with Gasteiger partial charge in [-0.25, -0.2) is 4.98 Å². The van der Waals surface area contributed by atoms with Crippen LogP contribution in [0.15, 0.2) is 48.7 Å². The first-order valence-electron chi connectivity index (χ1n) is 8.76. The number of nitrogens with zero attached hydrogens (tertiary/aromatic N) is 2. The van der Waals surface area contributed by atoms with Crippen molar-refractivity contribution in [1.82, 2.24) is 9.88 Å². The number of ether oxygens (including phenoxy) is 1. The summed E-state index contributed by atoms with van der Waals surface area (Å²) in [5, 5.41) is 3.26. The van der Waals surface area contributed by atoms with Gasteiger partial charge in [0.15, 0.2) is 0 Å². The molecule has 0 unspecified atom stereocenters. The van der Waals surface area contributed by atoms with E-state index in [1.807, 2.05) is 62.1 Å². The highest BCUT2D eigenvalue weighted by atomic mass is 16.5. The van der Waals surface area contributed by atoms with Crippen LogP contribution in [0.5, 0.6) is 0 Å². The standard InChI is InChI=1S/C20H25N3O2/c1-14(2)22-19-17(10-7-11-21-19)20(24)23-12-15(3)25-18(13-23)16-8-5-4-6-9-16/h4-11,14-15,18H,12-13H2,1-3H3,(H,21,22)/t15-,18+/m1/s1. The van der Waals surface area contributed by atoms with Gasteiger partial charge in [0.2, 0.25) is 0 Å². The summed E-state index contributed by atoms with van der Waals surface area (Å²) in [5.74, 6) is 0.630. The Morgan fingerprint density at radius 2 is 1.96 bits per heavy atom. The summed E-state index contributed by atoms with van der Waals surface area (Å²) >= 11 is 0. The lowest BCUT2D eigenvalue weighted by molar-refractivity contribution is -0.0691. The van der Waals surface area contributed by atoms with Gasteiger partial charge in [-0.1, -0.05) is 30.3 Å². The Balaban J connectivity index is 1.82. The molecule has 25 heavy (non-hydrogen) atoms. The maximum absolute atomic E-state index is 13.1. The molecular formula is C20H25N3O2. The van der Waals surface area contributed by atoms with E-state index in [2.05, 4.69) is 10.3 Å². The van der Waals surface area contributed by atoms with Crippen molar-refractivity contribution in [1.29, 1.82) is 0 Å². The minimum absolute atomic E-state index is 0.00710. The molecule has 1 aromatic heterocycles. The van der Waals surface area contributed by atoms with Crippen LogP contribution in [0.25, 0.3) is 0 Å². The van der Waals surface area contributed by atoms with E-state index in [-0.39, 0.29) is 24.2 Å². The Labute approximate surface area is 149 Å². The smallest absolute Gasteiger partial charge is 0.257 e. The second-order valence-electron chi connectivity index (χ2n) is 6.75. The van der Waals surface area contributed by atoms with Crippen LogP contribution in [0.1, 0.15) is 42.8 Å². The molecule has 5 heteroatoms. The maximum Gasteiger partial charge on any atom is 0.257 e. The third kappa shape index (κ3) is 4.17. The predicted molar refractivity (Wildman–Crippen MR) is 98.6 cm³/mol. The van der Waals surface area contributed by atoms with Crippen LogP contribution in [0.4, 0.5) is 5.82 Å². The van der Waals surface area contributed by atoms with Crippen molar-refractivity contribution >= 4 is 11.7 Å². The summed E-state index contributed by atoms with van der Waals surface area (Å²) in [6.07, 6.45) is 1.59. The molecule has 2 atom stereocenters. The molecule has 2 heterocycles. The number of anilines is 1. The number of aromatic nitrogens is 1. The van der Waals surface area contributed by atoms with Crippen molar-refractivity contribution in [2.24, 2.45) is 0 Å². The molecule has 1 amide bonds. The third-order valence-corrected chi connectivity index (χ3v) is 4.18. The molecule has 3 rings (SSSR count). The first kappa shape index (κ1) is 17.4. The first-order valence-corrected chi connectivity index (χ1v) is 8.76. The lowest BCUT2D eigenvalue weighted by atomic mass is 10.1. The SMILES string of the molecule is CC(C)Nc1ncccc1C(=O)N1C[C@@H](C)O[C@H](c2ccccc2)C1. The van der Waals surface area contributed by atoms with E-state index < -0.39 is 0 Å². The summed E-state index contributed by atoms with van der Waals surface area (Å²) in [6.45, 7) is 7.20. The maximum atomic E-state index is 13.1. The van der Waals surface area contributed by atoms with Crippen LogP contribution < -0.4 is 5.32 Å². The van der Waals surface area contributed by atoms with Crippen LogP contribution in [0.3, 0.4) is 0 Å². The molecule has 0 saturated carbocycles. The number of rotatable bonds is 4. The molecule has 132 valence electrons. The number of hydrogen-bond donors (Lipinski definition) is 1. The number of amides is 1. The molecule has 0 aliphatic carbocycles. The molecule has 1 fully saturated rings. The molecule has 0 bridgehead atoms. The van der Waals surface area contributed by atoms with Gasteiger partial charge in [0.25, 0.3) is 5.91 Å². The van der Waals surface area contributed by atoms with E-state index >= 15 is 0 Å². The molecule has 5 nitrogen and oxygen atoms in total. The minimum atomic E-state index is -0.105. The normalized spacial score (nSPS) is 20.6. The van der Waals surface area contributed by atoms with Crippen LogP contribution >= 0.6 is 0 Å². The molecule has 1 aliphatic heterocycles. The van der Waals surface area contributed by atoms with Gasteiger partial charge in [0, 0.05) is 18.8 Å². The largest absolute Gasteiger partial charge is 0.367 e. The Morgan fingerprint density at radius 3 is 2.68 bits per heavy atom. The number of pyridine rings is 1. The lowest BCUT2D eigenvalue weighted by Crippen LogP contribution is -2.46. The summed E-state index contributed by atoms with van der Waals surface area (Å²) in [5.41, 5.74) is 1.70. The van der Waals surface area contributed by atoms with Crippen molar-refractivity contribution in [2.75, 3.05) is 18.4 Å². The highest BCUT2D eigenvalue weighted by molar-refractivity contribution is 5.98. The Kier molecular flexibility index (Phi) is 5.34. The van der Waals surface area contributed by atoms with Gasteiger partial charge in [-0.15, -0.1) is 0 Å². The van der Waals surface area contributed by atoms with Crippen LogP contribution in [-0.2, 0) is 4.74 Å². The van der Waals surface area contributed by atoms with Crippen molar-refractivity contribution < 1.29 is 9.53 Å². The lowest BCUT2D eigenvalue weighted by Gasteiger charge is -2.37. The quantitative estimate of drug-likeness (QED) is 0.926. The number of nitrogens with one attached hydrogen (secondary N) is 1. The van der Waals surface area contributed by atoms with Crippen molar-refractivity contribution in [3.63, 3.8) is 0 Å². The zero-order valence-corrected chi connectivity index (χ0v) is 15.0. The van der Waals surface area contributed by atoms with Gasteiger partial charge in [-0.05, 0) is 38.5 Å². The second-order valence-corrected chi connectivity index (χ2v) is 6.75. The van der Waals surface area contributed by atoms with E-state index in [1.54, 1.807) is 12.3 Å². The predicted octanol–water partition coefficient (Wildman–Crippen LogP) is 3.50. The number of hydrogen-bond acceptors (Lipinski definition) is 4. The van der Waals surface area contributed by atoms with Crippen molar-refractivity contribution in [3.8, 4) is 0 Å². The molecule has 0 spiro atoms. The molecule has 0 radical (unpaired) electrons. The summed E-state index contributed by atoms with van der Waals surface area (Å²) < 4.78 is 6.06.